The fourth-order valence-electron chi connectivity index (χ4n) is 3.45. The lowest BCUT2D eigenvalue weighted by molar-refractivity contribution is -0.132. The Hall–Kier alpha value is -3.08. The Labute approximate surface area is 172 Å². The average Bonchev–Trinajstić information content (AvgIpc) is 3.30. The molecule has 0 radical (unpaired) electrons. The zero-order valence-corrected chi connectivity index (χ0v) is 16.8. The van der Waals surface area contributed by atoms with Crippen LogP contribution >= 0.6 is 0 Å². The van der Waals surface area contributed by atoms with Crippen molar-refractivity contribution in [2.75, 3.05) is 19.7 Å². The van der Waals surface area contributed by atoms with Gasteiger partial charge in [0.1, 0.15) is 5.75 Å². The van der Waals surface area contributed by atoms with Gasteiger partial charge in [-0.15, -0.1) is 0 Å². The average molecular weight is 392 g/mol. The number of nitrogens with one attached hydrogen (secondary N) is 1. The second-order valence-electron chi connectivity index (χ2n) is 7.13. The summed E-state index contributed by atoms with van der Waals surface area (Å²) in [5.41, 5.74) is 1.85. The Kier molecular flexibility index (Phi) is 7.45. The molecule has 1 aliphatic rings. The lowest BCUT2D eigenvalue weighted by Crippen LogP contribution is -2.32. The van der Waals surface area contributed by atoms with Crippen molar-refractivity contribution in [2.45, 2.75) is 32.2 Å². The minimum atomic E-state index is -0.194. The van der Waals surface area contributed by atoms with E-state index in [0.29, 0.717) is 12.2 Å². The van der Waals surface area contributed by atoms with Crippen LogP contribution in [0.2, 0.25) is 0 Å². The number of hydrogen-bond donors (Lipinski definition) is 1. The Bertz CT molecular complexity index is 842. The van der Waals surface area contributed by atoms with Gasteiger partial charge >= 0.3 is 0 Å². The first-order chi connectivity index (χ1) is 14.2. The number of likely N-dealkylation sites (tertiary alicyclic amines) is 1. The van der Waals surface area contributed by atoms with Crippen LogP contribution in [-0.2, 0) is 9.59 Å². The first-order valence-corrected chi connectivity index (χ1v) is 10.2. The van der Waals surface area contributed by atoms with Crippen LogP contribution in [-0.4, -0.2) is 36.4 Å². The highest BCUT2D eigenvalue weighted by molar-refractivity contribution is 5.92. The Morgan fingerprint density at radius 2 is 1.76 bits per heavy atom. The summed E-state index contributed by atoms with van der Waals surface area (Å²) < 4.78 is 5.84. The number of amides is 2. The SMILES string of the molecule is CCC(NC(=O)/C=C/c1ccccc1)c1ccccc1OCC(=O)N1CCCC1. The van der Waals surface area contributed by atoms with E-state index in [9.17, 15) is 9.59 Å². The van der Waals surface area contributed by atoms with Crippen LogP contribution in [0.1, 0.15) is 43.4 Å². The third kappa shape index (κ3) is 5.95. The van der Waals surface area contributed by atoms with Gasteiger partial charge in [-0.25, -0.2) is 0 Å². The van der Waals surface area contributed by atoms with E-state index in [-0.39, 0.29) is 24.5 Å². The molecule has 1 heterocycles. The molecule has 1 fully saturated rings. The molecule has 5 nitrogen and oxygen atoms in total. The topological polar surface area (TPSA) is 58.6 Å². The predicted molar refractivity (Wildman–Crippen MR) is 114 cm³/mol. The standard InChI is InChI=1S/C24H28N2O3/c1-2-21(25-23(27)15-14-19-10-4-3-5-11-19)20-12-6-7-13-22(20)29-18-24(28)26-16-8-9-17-26/h3-7,10-15,21H,2,8-9,16-18H2,1H3,(H,25,27)/b15-14+. The molecule has 1 unspecified atom stereocenters. The summed E-state index contributed by atoms with van der Waals surface area (Å²) in [6.45, 7) is 3.66. The van der Waals surface area contributed by atoms with E-state index in [0.717, 1.165) is 37.1 Å². The maximum absolute atomic E-state index is 12.4. The Balaban J connectivity index is 1.63. The highest BCUT2D eigenvalue weighted by Crippen LogP contribution is 2.27. The lowest BCUT2D eigenvalue weighted by Gasteiger charge is -2.21. The van der Waals surface area contributed by atoms with E-state index >= 15 is 0 Å². The third-order valence-corrected chi connectivity index (χ3v) is 5.06. The van der Waals surface area contributed by atoms with Crippen LogP contribution in [0.4, 0.5) is 0 Å². The van der Waals surface area contributed by atoms with Crippen LogP contribution in [0.5, 0.6) is 5.75 Å². The summed E-state index contributed by atoms with van der Waals surface area (Å²) in [7, 11) is 0. The van der Waals surface area contributed by atoms with Gasteiger partial charge in [-0.1, -0.05) is 55.5 Å². The van der Waals surface area contributed by atoms with Crippen molar-refractivity contribution in [3.05, 3.63) is 71.8 Å². The molecule has 5 heteroatoms. The summed E-state index contributed by atoms with van der Waals surface area (Å²) in [6, 6.07) is 17.1. The lowest BCUT2D eigenvalue weighted by atomic mass is 10.0. The molecular weight excluding hydrogens is 364 g/mol. The minimum absolute atomic E-state index is 0.0141. The van der Waals surface area contributed by atoms with Crippen molar-refractivity contribution in [3.63, 3.8) is 0 Å². The first-order valence-electron chi connectivity index (χ1n) is 10.2. The van der Waals surface area contributed by atoms with Crippen molar-refractivity contribution >= 4 is 17.9 Å². The number of carbonyl (C=O) groups excluding carboxylic acids is 2. The van der Waals surface area contributed by atoms with Crippen LogP contribution in [0, 0.1) is 0 Å². The van der Waals surface area contributed by atoms with Crippen LogP contribution in [0.25, 0.3) is 6.08 Å². The van der Waals surface area contributed by atoms with Gasteiger partial charge in [-0.2, -0.15) is 0 Å². The Morgan fingerprint density at radius 3 is 2.48 bits per heavy atom. The van der Waals surface area contributed by atoms with Crippen molar-refractivity contribution in [1.29, 1.82) is 0 Å². The molecule has 1 N–H and O–H groups in total. The van der Waals surface area contributed by atoms with Crippen LogP contribution in [0.15, 0.2) is 60.7 Å². The molecule has 2 aromatic carbocycles. The summed E-state index contributed by atoms with van der Waals surface area (Å²) in [5.74, 6) is 0.489. The van der Waals surface area contributed by atoms with Crippen molar-refractivity contribution in [2.24, 2.45) is 0 Å². The fourth-order valence-corrected chi connectivity index (χ4v) is 3.45. The molecule has 0 aromatic heterocycles. The molecular formula is C24H28N2O3. The second-order valence-corrected chi connectivity index (χ2v) is 7.13. The normalized spacial score (nSPS) is 14.7. The van der Waals surface area contributed by atoms with Gasteiger partial charge in [0.25, 0.3) is 5.91 Å². The quantitative estimate of drug-likeness (QED) is 0.692. The van der Waals surface area contributed by atoms with Gasteiger partial charge in [0.05, 0.1) is 6.04 Å². The van der Waals surface area contributed by atoms with E-state index in [1.54, 1.807) is 12.2 Å². The van der Waals surface area contributed by atoms with Gasteiger partial charge in [0.15, 0.2) is 6.61 Å². The number of nitrogens with zero attached hydrogens (tertiary/aromatic N) is 1. The second kappa shape index (κ2) is 10.5. The van der Waals surface area contributed by atoms with Crippen LogP contribution in [0.3, 0.4) is 0 Å². The maximum Gasteiger partial charge on any atom is 0.260 e. The molecule has 1 saturated heterocycles. The van der Waals surface area contributed by atoms with Gasteiger partial charge < -0.3 is 15.0 Å². The van der Waals surface area contributed by atoms with Gasteiger partial charge in [-0.3, -0.25) is 9.59 Å². The van der Waals surface area contributed by atoms with E-state index in [1.165, 1.54) is 0 Å². The Morgan fingerprint density at radius 1 is 1.07 bits per heavy atom. The molecule has 0 saturated carbocycles. The number of para-hydroxylation sites is 1. The van der Waals surface area contributed by atoms with Gasteiger partial charge in [-0.05, 0) is 37.0 Å². The van der Waals surface area contributed by atoms with Crippen LogP contribution < -0.4 is 10.1 Å². The van der Waals surface area contributed by atoms with E-state index in [2.05, 4.69) is 5.32 Å². The minimum Gasteiger partial charge on any atom is -0.483 e. The number of hydrogen-bond acceptors (Lipinski definition) is 3. The molecule has 2 amide bonds. The fraction of sp³-hybridized carbons (Fsp3) is 0.333. The summed E-state index contributed by atoms with van der Waals surface area (Å²) in [5, 5.41) is 3.04. The molecule has 0 spiro atoms. The highest BCUT2D eigenvalue weighted by atomic mass is 16.5. The van der Waals surface area contributed by atoms with E-state index in [4.69, 9.17) is 4.74 Å². The first kappa shape index (κ1) is 20.6. The van der Waals surface area contributed by atoms with Crippen molar-refractivity contribution < 1.29 is 14.3 Å². The molecule has 2 aromatic rings. The highest BCUT2D eigenvalue weighted by Gasteiger charge is 2.20. The predicted octanol–water partition coefficient (Wildman–Crippen LogP) is 3.97. The zero-order valence-electron chi connectivity index (χ0n) is 16.8. The smallest absolute Gasteiger partial charge is 0.260 e. The number of benzene rings is 2. The summed E-state index contributed by atoms with van der Waals surface area (Å²) in [4.78, 5) is 26.5. The monoisotopic (exact) mass is 392 g/mol. The van der Waals surface area contributed by atoms with E-state index in [1.807, 2.05) is 66.4 Å². The molecule has 0 bridgehead atoms. The number of rotatable bonds is 8. The number of ether oxygens (including phenoxy) is 1. The molecule has 1 aliphatic heterocycles. The van der Waals surface area contributed by atoms with Crippen molar-refractivity contribution in [3.8, 4) is 5.75 Å². The molecule has 3 rings (SSSR count). The molecule has 0 aliphatic carbocycles. The van der Waals surface area contributed by atoms with E-state index < -0.39 is 0 Å². The largest absolute Gasteiger partial charge is 0.483 e. The zero-order chi connectivity index (χ0) is 20.5. The maximum atomic E-state index is 12.4. The number of carbonyl (C=O) groups is 2. The third-order valence-electron chi connectivity index (χ3n) is 5.06. The summed E-state index contributed by atoms with van der Waals surface area (Å²) in [6.07, 6.45) is 6.16. The molecule has 1 atom stereocenters. The molecule has 152 valence electrons. The van der Waals surface area contributed by atoms with Gasteiger partial charge in [0.2, 0.25) is 5.91 Å². The van der Waals surface area contributed by atoms with Crippen molar-refractivity contribution in [1.82, 2.24) is 10.2 Å². The summed E-state index contributed by atoms with van der Waals surface area (Å²) >= 11 is 0. The van der Waals surface area contributed by atoms with Gasteiger partial charge in [0, 0.05) is 24.7 Å². The molecule has 29 heavy (non-hydrogen) atoms.